The number of nitrogens with two attached hydrogens (primary N) is 1. The van der Waals surface area contributed by atoms with Gasteiger partial charge in [0.05, 0.1) is 4.92 Å². The molecule has 0 aromatic carbocycles. The SMILES string of the molecule is NC(=O)CCn1ccc(Nc2ccc([N+](=O)[O-])cn2)n1. The Hall–Kier alpha value is -2.97. The number of aromatic nitrogens is 3. The highest BCUT2D eigenvalue weighted by atomic mass is 16.6. The maximum absolute atomic E-state index is 10.7. The van der Waals surface area contributed by atoms with E-state index in [4.69, 9.17) is 5.73 Å². The fourth-order valence-corrected chi connectivity index (χ4v) is 1.48. The average molecular weight is 276 g/mol. The molecule has 9 heteroatoms. The van der Waals surface area contributed by atoms with Crippen molar-refractivity contribution in [2.24, 2.45) is 5.73 Å². The van der Waals surface area contributed by atoms with Crippen molar-refractivity contribution >= 4 is 23.2 Å². The summed E-state index contributed by atoms with van der Waals surface area (Å²) >= 11 is 0. The van der Waals surface area contributed by atoms with Gasteiger partial charge in [0.15, 0.2) is 5.82 Å². The first kappa shape index (κ1) is 13.5. The Bertz CT molecular complexity index is 621. The van der Waals surface area contributed by atoms with Gasteiger partial charge >= 0.3 is 0 Å². The lowest BCUT2D eigenvalue weighted by Crippen LogP contribution is -2.14. The molecule has 0 atom stereocenters. The fraction of sp³-hybridized carbons (Fsp3) is 0.182. The van der Waals surface area contributed by atoms with Crippen molar-refractivity contribution in [1.29, 1.82) is 0 Å². The Morgan fingerprint density at radius 1 is 1.40 bits per heavy atom. The topological polar surface area (TPSA) is 129 Å². The minimum atomic E-state index is -0.519. The van der Waals surface area contributed by atoms with Gasteiger partial charge in [-0.25, -0.2) is 4.98 Å². The van der Waals surface area contributed by atoms with Gasteiger partial charge in [-0.2, -0.15) is 5.10 Å². The van der Waals surface area contributed by atoms with Gasteiger partial charge in [0.2, 0.25) is 5.91 Å². The van der Waals surface area contributed by atoms with Crippen LogP contribution >= 0.6 is 0 Å². The van der Waals surface area contributed by atoms with E-state index in [0.717, 1.165) is 6.20 Å². The van der Waals surface area contributed by atoms with Crippen LogP contribution in [-0.2, 0) is 11.3 Å². The Morgan fingerprint density at radius 2 is 2.20 bits per heavy atom. The van der Waals surface area contributed by atoms with Crippen molar-refractivity contribution in [3.05, 3.63) is 40.7 Å². The number of anilines is 2. The molecule has 0 saturated heterocycles. The number of hydrogen-bond donors (Lipinski definition) is 2. The highest BCUT2D eigenvalue weighted by molar-refractivity contribution is 5.73. The van der Waals surface area contributed by atoms with E-state index in [1.54, 1.807) is 16.9 Å². The molecule has 2 heterocycles. The first-order chi connectivity index (χ1) is 9.54. The maximum Gasteiger partial charge on any atom is 0.287 e. The Balaban J connectivity index is 1.99. The summed E-state index contributed by atoms with van der Waals surface area (Å²) in [5, 5.41) is 17.5. The summed E-state index contributed by atoms with van der Waals surface area (Å²) in [4.78, 5) is 24.5. The molecule has 0 fully saturated rings. The molecule has 0 aliphatic heterocycles. The lowest BCUT2D eigenvalue weighted by molar-refractivity contribution is -0.385. The number of amides is 1. The maximum atomic E-state index is 10.7. The quantitative estimate of drug-likeness (QED) is 0.593. The molecule has 2 aromatic rings. The lowest BCUT2D eigenvalue weighted by atomic mass is 10.4. The number of nitrogens with one attached hydrogen (secondary N) is 1. The van der Waals surface area contributed by atoms with Crippen molar-refractivity contribution in [3.63, 3.8) is 0 Å². The number of carbonyl (C=O) groups excluding carboxylic acids is 1. The van der Waals surface area contributed by atoms with Crippen LogP contribution in [0.1, 0.15) is 6.42 Å². The van der Waals surface area contributed by atoms with Crippen molar-refractivity contribution in [2.45, 2.75) is 13.0 Å². The number of rotatable bonds is 6. The minimum Gasteiger partial charge on any atom is -0.370 e. The number of carbonyl (C=O) groups is 1. The van der Waals surface area contributed by atoms with E-state index in [-0.39, 0.29) is 12.1 Å². The molecule has 2 aromatic heterocycles. The summed E-state index contributed by atoms with van der Waals surface area (Å²) in [5.74, 6) is 0.568. The largest absolute Gasteiger partial charge is 0.370 e. The fourth-order valence-electron chi connectivity index (χ4n) is 1.48. The van der Waals surface area contributed by atoms with Gasteiger partial charge in [-0.05, 0) is 6.07 Å². The van der Waals surface area contributed by atoms with Gasteiger partial charge < -0.3 is 11.1 Å². The number of nitro groups is 1. The van der Waals surface area contributed by atoms with Gasteiger partial charge in [-0.3, -0.25) is 19.6 Å². The van der Waals surface area contributed by atoms with Gasteiger partial charge in [0.25, 0.3) is 5.69 Å². The van der Waals surface area contributed by atoms with Crippen molar-refractivity contribution in [3.8, 4) is 0 Å². The Morgan fingerprint density at radius 3 is 2.80 bits per heavy atom. The van der Waals surface area contributed by atoms with Crippen LogP contribution in [0, 0.1) is 10.1 Å². The molecule has 0 spiro atoms. The molecular weight excluding hydrogens is 264 g/mol. The van der Waals surface area contributed by atoms with Gasteiger partial charge in [0, 0.05) is 31.3 Å². The summed E-state index contributed by atoms with van der Waals surface area (Å²) < 4.78 is 1.57. The minimum absolute atomic E-state index is 0.0810. The highest BCUT2D eigenvalue weighted by Gasteiger charge is 2.06. The summed E-state index contributed by atoms with van der Waals surface area (Å²) in [6, 6.07) is 4.53. The molecule has 0 aliphatic rings. The van der Waals surface area contributed by atoms with Crippen LogP contribution in [0.5, 0.6) is 0 Å². The molecule has 0 aliphatic carbocycles. The van der Waals surface area contributed by atoms with Crippen LogP contribution < -0.4 is 11.1 Å². The zero-order valence-electron chi connectivity index (χ0n) is 10.4. The van der Waals surface area contributed by atoms with Crippen molar-refractivity contribution in [1.82, 2.24) is 14.8 Å². The van der Waals surface area contributed by atoms with Crippen LogP contribution in [0.2, 0.25) is 0 Å². The second kappa shape index (κ2) is 5.78. The molecular formula is C11H12N6O3. The molecule has 1 amide bonds. The average Bonchev–Trinajstić information content (AvgIpc) is 2.84. The summed E-state index contributed by atoms with van der Waals surface area (Å²) in [7, 11) is 0. The number of aryl methyl sites for hydroxylation is 1. The van der Waals surface area contributed by atoms with Crippen LogP contribution in [0.15, 0.2) is 30.6 Å². The summed E-state index contributed by atoms with van der Waals surface area (Å²) in [6.07, 6.45) is 3.06. The van der Waals surface area contributed by atoms with E-state index in [0.29, 0.717) is 18.2 Å². The molecule has 9 nitrogen and oxygen atoms in total. The Labute approximate surface area is 113 Å². The van der Waals surface area contributed by atoms with E-state index in [1.807, 2.05) is 0 Å². The predicted octanol–water partition coefficient (Wildman–Crippen LogP) is 0.805. The first-order valence-corrected chi connectivity index (χ1v) is 5.74. The molecule has 3 N–H and O–H groups in total. The summed E-state index contributed by atoms with van der Waals surface area (Å²) in [6.45, 7) is 0.394. The highest BCUT2D eigenvalue weighted by Crippen LogP contribution is 2.15. The first-order valence-electron chi connectivity index (χ1n) is 5.74. The predicted molar refractivity (Wildman–Crippen MR) is 70.2 cm³/mol. The number of nitrogens with zero attached hydrogens (tertiary/aromatic N) is 4. The molecule has 0 radical (unpaired) electrons. The molecule has 20 heavy (non-hydrogen) atoms. The molecule has 0 unspecified atom stereocenters. The van der Waals surface area contributed by atoms with E-state index in [2.05, 4.69) is 15.4 Å². The van der Waals surface area contributed by atoms with Crippen molar-refractivity contribution < 1.29 is 9.72 Å². The van der Waals surface area contributed by atoms with Crippen LogP contribution in [0.25, 0.3) is 0 Å². The molecule has 0 bridgehead atoms. The van der Waals surface area contributed by atoms with E-state index in [1.165, 1.54) is 12.1 Å². The molecule has 2 rings (SSSR count). The third-order valence-electron chi connectivity index (χ3n) is 2.44. The normalized spacial score (nSPS) is 10.2. The monoisotopic (exact) mass is 276 g/mol. The standard InChI is InChI=1S/C11H12N6O3/c12-9(18)3-5-16-6-4-11(15-16)14-10-2-1-8(7-13-10)17(19)20/h1-2,4,6-7H,3,5H2,(H2,12,18)(H,13,14,15). The second-order valence-electron chi connectivity index (χ2n) is 3.96. The molecule has 0 saturated carbocycles. The lowest BCUT2D eigenvalue weighted by Gasteiger charge is -2.01. The number of hydrogen-bond acceptors (Lipinski definition) is 6. The number of pyridine rings is 1. The zero-order chi connectivity index (χ0) is 14.5. The van der Waals surface area contributed by atoms with Gasteiger partial charge in [-0.1, -0.05) is 0 Å². The van der Waals surface area contributed by atoms with Crippen LogP contribution in [0.3, 0.4) is 0 Å². The zero-order valence-corrected chi connectivity index (χ0v) is 10.4. The second-order valence-corrected chi connectivity index (χ2v) is 3.96. The van der Waals surface area contributed by atoms with Gasteiger partial charge in [0.1, 0.15) is 12.0 Å². The van der Waals surface area contributed by atoms with E-state index in [9.17, 15) is 14.9 Å². The van der Waals surface area contributed by atoms with Crippen LogP contribution in [-0.4, -0.2) is 25.6 Å². The third-order valence-corrected chi connectivity index (χ3v) is 2.44. The van der Waals surface area contributed by atoms with Gasteiger partial charge in [-0.15, -0.1) is 0 Å². The van der Waals surface area contributed by atoms with E-state index >= 15 is 0 Å². The van der Waals surface area contributed by atoms with E-state index < -0.39 is 10.8 Å². The smallest absolute Gasteiger partial charge is 0.287 e. The Kier molecular flexibility index (Phi) is 3.89. The number of primary amides is 1. The van der Waals surface area contributed by atoms with Crippen LogP contribution in [0.4, 0.5) is 17.3 Å². The van der Waals surface area contributed by atoms with Crippen molar-refractivity contribution in [2.75, 3.05) is 5.32 Å². The third kappa shape index (κ3) is 3.51. The molecule has 104 valence electrons. The summed E-state index contributed by atoms with van der Waals surface area (Å²) in [5.41, 5.74) is 4.97.